The molecule has 0 unspecified atom stereocenters. The van der Waals surface area contributed by atoms with Gasteiger partial charge in [-0.05, 0) is 29.5 Å². The fraction of sp³-hybridized carbons (Fsp3) is 0.312. The van der Waals surface area contributed by atoms with Gasteiger partial charge in [0, 0.05) is 16.7 Å². The summed E-state index contributed by atoms with van der Waals surface area (Å²) in [6.07, 6.45) is 1.72. The summed E-state index contributed by atoms with van der Waals surface area (Å²) in [5.41, 5.74) is 0.673. The number of rotatable bonds is 5. The summed E-state index contributed by atoms with van der Waals surface area (Å²) in [4.78, 5) is 5.88. The maximum atomic E-state index is 10.1. The molecule has 0 saturated heterocycles. The van der Waals surface area contributed by atoms with Crippen LogP contribution in [0.15, 0.2) is 40.7 Å². The predicted molar refractivity (Wildman–Crippen MR) is 84.2 cm³/mol. The van der Waals surface area contributed by atoms with E-state index in [1.165, 1.54) is 4.88 Å². The predicted octanol–water partition coefficient (Wildman–Crippen LogP) is 4.28. The molecule has 0 amide bonds. The van der Waals surface area contributed by atoms with Crippen molar-refractivity contribution in [2.24, 2.45) is 10.9 Å². The average molecular weight is 289 g/mol. The number of hydrogen-bond donors (Lipinski definition) is 1. The summed E-state index contributed by atoms with van der Waals surface area (Å²) >= 11 is 1.71. The third-order valence-corrected chi connectivity index (χ3v) is 4.03. The summed E-state index contributed by atoms with van der Waals surface area (Å²) < 4.78 is 5.10. The van der Waals surface area contributed by atoms with Crippen LogP contribution in [0, 0.1) is 5.92 Å². The number of benzene rings is 1. The van der Waals surface area contributed by atoms with Crippen LogP contribution in [0.4, 0.5) is 0 Å². The Hall–Kier alpha value is -1.81. The van der Waals surface area contributed by atoms with Gasteiger partial charge in [0.2, 0.25) is 0 Å². The highest BCUT2D eigenvalue weighted by atomic mass is 32.1. The number of ether oxygens (including phenoxy) is 1. The van der Waals surface area contributed by atoms with Crippen LogP contribution in [0.2, 0.25) is 0 Å². The van der Waals surface area contributed by atoms with Crippen molar-refractivity contribution in [3.63, 3.8) is 0 Å². The van der Waals surface area contributed by atoms with Crippen LogP contribution >= 0.6 is 11.3 Å². The Morgan fingerprint density at radius 2 is 2.05 bits per heavy atom. The van der Waals surface area contributed by atoms with E-state index in [2.05, 4.69) is 30.3 Å². The summed E-state index contributed by atoms with van der Waals surface area (Å²) in [6.45, 7) is 4.29. The molecule has 2 rings (SSSR count). The van der Waals surface area contributed by atoms with Gasteiger partial charge in [0.25, 0.3) is 0 Å². The van der Waals surface area contributed by atoms with Crippen molar-refractivity contribution >= 4 is 17.6 Å². The van der Waals surface area contributed by atoms with Gasteiger partial charge in [0.15, 0.2) is 11.5 Å². The topological polar surface area (TPSA) is 41.8 Å². The van der Waals surface area contributed by atoms with Gasteiger partial charge in [-0.1, -0.05) is 26.0 Å². The largest absolute Gasteiger partial charge is 0.504 e. The molecule has 0 radical (unpaired) electrons. The smallest absolute Gasteiger partial charge is 0.166 e. The van der Waals surface area contributed by atoms with Gasteiger partial charge < -0.3 is 9.84 Å². The summed E-state index contributed by atoms with van der Waals surface area (Å²) in [7, 11) is 1.54. The lowest BCUT2D eigenvalue weighted by molar-refractivity contribution is 0.373. The highest BCUT2D eigenvalue weighted by molar-refractivity contribution is 7.10. The Bertz CT molecular complexity index is 576. The number of methoxy groups -OCH3 is 1. The number of phenolic OH excluding ortho intramolecular Hbond substituents is 1. The molecule has 0 spiro atoms. The molecule has 0 aliphatic rings. The molecule has 0 saturated carbocycles. The van der Waals surface area contributed by atoms with Gasteiger partial charge in [0.1, 0.15) is 0 Å². The number of hydrogen-bond acceptors (Lipinski definition) is 4. The van der Waals surface area contributed by atoms with Crippen molar-refractivity contribution in [1.82, 2.24) is 0 Å². The maximum Gasteiger partial charge on any atom is 0.166 e. The molecule has 0 bridgehead atoms. The molecule has 106 valence electrons. The van der Waals surface area contributed by atoms with Crippen LogP contribution in [-0.2, 0) is 0 Å². The van der Waals surface area contributed by atoms with Crippen molar-refractivity contribution in [2.45, 2.75) is 19.9 Å². The van der Waals surface area contributed by atoms with Gasteiger partial charge >= 0.3 is 0 Å². The second-order valence-electron chi connectivity index (χ2n) is 4.88. The second-order valence-corrected chi connectivity index (χ2v) is 5.86. The fourth-order valence-electron chi connectivity index (χ4n) is 2.00. The van der Waals surface area contributed by atoms with E-state index in [0.717, 1.165) is 0 Å². The van der Waals surface area contributed by atoms with E-state index < -0.39 is 0 Å². The summed E-state index contributed by atoms with van der Waals surface area (Å²) in [5, 5.41) is 12.1. The molecule has 0 aliphatic carbocycles. The number of nitrogens with zero attached hydrogens (tertiary/aromatic N) is 1. The standard InChI is InChI=1S/C16H19NO2S/c1-11(2)15(14-8-5-9-20-14)17-10-12-6-4-7-13(19-3)16(12)18/h4-11,15,18H,1-3H3/t15-/m1/s1. The molecule has 1 aromatic heterocycles. The van der Waals surface area contributed by atoms with Gasteiger partial charge in [-0.25, -0.2) is 0 Å². The van der Waals surface area contributed by atoms with Crippen molar-refractivity contribution in [3.8, 4) is 11.5 Å². The molecular formula is C16H19NO2S. The lowest BCUT2D eigenvalue weighted by atomic mass is 10.0. The second kappa shape index (κ2) is 6.57. The van der Waals surface area contributed by atoms with E-state index in [9.17, 15) is 5.11 Å². The van der Waals surface area contributed by atoms with Crippen LogP contribution in [0.1, 0.15) is 30.3 Å². The maximum absolute atomic E-state index is 10.1. The zero-order chi connectivity index (χ0) is 14.5. The van der Waals surface area contributed by atoms with E-state index in [-0.39, 0.29) is 11.8 Å². The minimum atomic E-state index is 0.112. The normalized spacial score (nSPS) is 13.0. The van der Waals surface area contributed by atoms with Crippen LogP contribution in [0.25, 0.3) is 0 Å². The monoisotopic (exact) mass is 289 g/mol. The van der Waals surface area contributed by atoms with E-state index in [1.54, 1.807) is 30.7 Å². The number of aliphatic imine (C=N–C) groups is 1. The SMILES string of the molecule is COc1cccc(C=N[C@@H](c2cccs2)C(C)C)c1O. The van der Waals surface area contributed by atoms with Gasteiger partial charge in [-0.15, -0.1) is 11.3 Å². The molecule has 0 fully saturated rings. The molecule has 1 atom stereocenters. The first-order valence-corrected chi connectivity index (χ1v) is 7.44. The quantitative estimate of drug-likeness (QED) is 0.835. The van der Waals surface area contributed by atoms with Crippen LogP contribution in [0.3, 0.4) is 0 Å². The first-order chi connectivity index (χ1) is 9.63. The Labute approximate surface area is 123 Å². The van der Waals surface area contributed by atoms with Gasteiger partial charge in [-0.2, -0.15) is 0 Å². The Morgan fingerprint density at radius 3 is 2.65 bits per heavy atom. The Morgan fingerprint density at radius 1 is 1.25 bits per heavy atom. The molecule has 0 aliphatic heterocycles. The molecular weight excluding hydrogens is 270 g/mol. The van der Waals surface area contributed by atoms with E-state index >= 15 is 0 Å². The highest BCUT2D eigenvalue weighted by Crippen LogP contribution is 2.31. The van der Waals surface area contributed by atoms with Crippen molar-refractivity contribution in [2.75, 3.05) is 7.11 Å². The van der Waals surface area contributed by atoms with E-state index in [4.69, 9.17) is 4.74 Å². The zero-order valence-electron chi connectivity index (χ0n) is 11.9. The molecule has 1 heterocycles. The van der Waals surface area contributed by atoms with Crippen LogP contribution in [0.5, 0.6) is 11.5 Å². The third-order valence-electron chi connectivity index (χ3n) is 3.09. The van der Waals surface area contributed by atoms with Crippen LogP contribution < -0.4 is 4.74 Å². The lowest BCUT2D eigenvalue weighted by Crippen LogP contribution is -2.02. The zero-order valence-corrected chi connectivity index (χ0v) is 12.7. The Kier molecular flexibility index (Phi) is 4.79. The lowest BCUT2D eigenvalue weighted by Gasteiger charge is -2.14. The molecule has 3 nitrogen and oxygen atoms in total. The van der Waals surface area contributed by atoms with Crippen molar-refractivity contribution < 1.29 is 9.84 Å². The van der Waals surface area contributed by atoms with Crippen molar-refractivity contribution in [3.05, 3.63) is 46.2 Å². The number of thiophene rings is 1. The van der Waals surface area contributed by atoms with E-state index in [0.29, 0.717) is 17.2 Å². The number of phenols is 1. The molecule has 1 N–H and O–H groups in total. The summed E-state index contributed by atoms with van der Waals surface area (Å²) in [5.74, 6) is 0.997. The summed E-state index contributed by atoms with van der Waals surface area (Å²) in [6, 6.07) is 9.64. The van der Waals surface area contributed by atoms with Gasteiger partial charge in [-0.3, -0.25) is 4.99 Å². The number of aromatic hydroxyl groups is 1. The van der Waals surface area contributed by atoms with Gasteiger partial charge in [0.05, 0.1) is 13.2 Å². The molecule has 2 aromatic rings. The minimum absolute atomic E-state index is 0.112. The average Bonchev–Trinajstić information content (AvgIpc) is 2.94. The Balaban J connectivity index is 2.27. The fourth-order valence-corrected chi connectivity index (χ4v) is 2.95. The first-order valence-electron chi connectivity index (χ1n) is 6.56. The minimum Gasteiger partial charge on any atom is -0.504 e. The number of para-hydroxylation sites is 1. The van der Waals surface area contributed by atoms with E-state index in [1.807, 2.05) is 18.2 Å². The molecule has 1 aromatic carbocycles. The van der Waals surface area contributed by atoms with Crippen molar-refractivity contribution in [1.29, 1.82) is 0 Å². The molecule has 4 heteroatoms. The molecule has 20 heavy (non-hydrogen) atoms. The first kappa shape index (κ1) is 14.6. The van der Waals surface area contributed by atoms with Crippen LogP contribution in [-0.4, -0.2) is 18.4 Å². The highest BCUT2D eigenvalue weighted by Gasteiger charge is 2.15. The third kappa shape index (κ3) is 3.20.